The topological polar surface area (TPSA) is 17.1 Å². The van der Waals surface area contributed by atoms with Crippen LogP contribution in [0.5, 0.6) is 0 Å². The molecule has 1 nitrogen and oxygen atoms in total. The first-order valence-electron chi connectivity index (χ1n) is 4.31. The van der Waals surface area contributed by atoms with E-state index in [1.807, 2.05) is 0 Å². The molecule has 0 aliphatic rings. The Morgan fingerprint density at radius 2 is 2.07 bits per heavy atom. The molecule has 4 heteroatoms. The zero-order valence-electron chi connectivity index (χ0n) is 7.84. The second kappa shape index (κ2) is 5.55. The fourth-order valence-corrected chi connectivity index (χ4v) is 1.78. The van der Waals surface area contributed by atoms with Gasteiger partial charge in [0, 0.05) is 0 Å². The first-order chi connectivity index (χ1) is 7.06. The summed E-state index contributed by atoms with van der Waals surface area (Å²) in [6.45, 7) is 3.58. The van der Waals surface area contributed by atoms with Crippen LogP contribution in [-0.4, -0.2) is 5.24 Å². The zero-order valence-corrected chi connectivity index (χ0v) is 10.1. The van der Waals surface area contributed by atoms with Gasteiger partial charge in [0.2, 0.25) is 5.24 Å². The van der Waals surface area contributed by atoms with Crippen LogP contribution in [-0.2, 0) is 4.79 Å². The van der Waals surface area contributed by atoms with Crippen LogP contribution in [0.25, 0.3) is 0 Å². The Hall–Kier alpha value is -0.500. The Morgan fingerprint density at radius 1 is 1.40 bits per heavy atom. The fourth-order valence-electron chi connectivity index (χ4n) is 1.26. The van der Waals surface area contributed by atoms with Crippen LogP contribution in [0.2, 0.25) is 10.0 Å². The van der Waals surface area contributed by atoms with Gasteiger partial charge in [-0.1, -0.05) is 35.3 Å². The molecule has 0 heterocycles. The summed E-state index contributed by atoms with van der Waals surface area (Å²) in [7, 11) is 0. The number of hydrogen-bond donors (Lipinski definition) is 0. The summed E-state index contributed by atoms with van der Waals surface area (Å²) in [6, 6.07) is 5.04. The first-order valence-corrected chi connectivity index (χ1v) is 5.45. The molecule has 0 aliphatic carbocycles. The van der Waals surface area contributed by atoms with Gasteiger partial charge in [-0.2, -0.15) is 0 Å². The lowest BCUT2D eigenvalue weighted by Crippen LogP contribution is -2.05. The minimum Gasteiger partial charge on any atom is -0.281 e. The molecule has 1 aromatic rings. The maximum Gasteiger partial charge on any atom is 0.229 e. The van der Waals surface area contributed by atoms with Crippen molar-refractivity contribution in [2.45, 2.75) is 12.3 Å². The summed E-state index contributed by atoms with van der Waals surface area (Å²) < 4.78 is 0. The molecule has 0 N–H and O–H groups in total. The van der Waals surface area contributed by atoms with Gasteiger partial charge in [0.15, 0.2) is 0 Å². The van der Waals surface area contributed by atoms with Crippen molar-refractivity contribution in [1.82, 2.24) is 0 Å². The van der Waals surface area contributed by atoms with Gasteiger partial charge in [0.05, 0.1) is 16.0 Å². The van der Waals surface area contributed by atoms with Crippen molar-refractivity contribution in [3.8, 4) is 0 Å². The second-order valence-electron chi connectivity index (χ2n) is 3.05. The standard InChI is InChI=1S/C11H9Cl3O/c1-2-3-8(11(14)15)7-4-5-9(12)10(13)6-7/h2,4-6,8H,1,3H2. The second-order valence-corrected chi connectivity index (χ2v) is 4.24. The number of hydrogen-bond acceptors (Lipinski definition) is 1. The van der Waals surface area contributed by atoms with Crippen molar-refractivity contribution in [3.05, 3.63) is 46.5 Å². The highest BCUT2D eigenvalue weighted by Crippen LogP contribution is 2.29. The highest BCUT2D eigenvalue weighted by molar-refractivity contribution is 6.64. The smallest absolute Gasteiger partial charge is 0.229 e. The van der Waals surface area contributed by atoms with Crippen molar-refractivity contribution in [3.63, 3.8) is 0 Å². The highest BCUT2D eigenvalue weighted by Gasteiger charge is 2.17. The molecule has 0 fully saturated rings. The predicted molar refractivity (Wildman–Crippen MR) is 64.9 cm³/mol. The fraction of sp³-hybridized carbons (Fsp3) is 0.182. The average Bonchev–Trinajstić information content (AvgIpc) is 2.18. The van der Waals surface area contributed by atoms with E-state index in [1.165, 1.54) is 0 Å². The van der Waals surface area contributed by atoms with Crippen LogP contribution in [0, 0.1) is 0 Å². The molecule has 0 aromatic heterocycles. The predicted octanol–water partition coefficient (Wildman–Crippen LogP) is 4.42. The van der Waals surface area contributed by atoms with Crippen LogP contribution in [0.15, 0.2) is 30.9 Å². The van der Waals surface area contributed by atoms with E-state index in [0.717, 1.165) is 5.56 Å². The van der Waals surface area contributed by atoms with Gasteiger partial charge in [0.25, 0.3) is 0 Å². The molecule has 0 saturated heterocycles. The van der Waals surface area contributed by atoms with Crippen LogP contribution in [0.3, 0.4) is 0 Å². The van der Waals surface area contributed by atoms with E-state index in [-0.39, 0.29) is 0 Å². The molecule has 1 aromatic carbocycles. The van der Waals surface area contributed by atoms with Gasteiger partial charge < -0.3 is 0 Å². The largest absolute Gasteiger partial charge is 0.281 e. The van der Waals surface area contributed by atoms with Crippen LogP contribution in [0.1, 0.15) is 17.9 Å². The molecule has 0 bridgehead atoms. The summed E-state index contributed by atoms with van der Waals surface area (Å²) in [5, 5.41) is 0.453. The quantitative estimate of drug-likeness (QED) is 0.580. The molecule has 1 atom stereocenters. The van der Waals surface area contributed by atoms with E-state index in [2.05, 4.69) is 6.58 Å². The van der Waals surface area contributed by atoms with Gasteiger partial charge in [-0.15, -0.1) is 6.58 Å². The molecule has 0 radical (unpaired) electrons. The van der Waals surface area contributed by atoms with E-state index in [1.54, 1.807) is 24.3 Å². The maximum absolute atomic E-state index is 11.2. The van der Waals surface area contributed by atoms with Gasteiger partial charge in [0.1, 0.15) is 0 Å². The van der Waals surface area contributed by atoms with E-state index in [9.17, 15) is 4.79 Å². The third kappa shape index (κ3) is 3.23. The highest BCUT2D eigenvalue weighted by atomic mass is 35.5. The lowest BCUT2D eigenvalue weighted by Gasteiger charge is -2.11. The lowest BCUT2D eigenvalue weighted by atomic mass is 9.97. The van der Waals surface area contributed by atoms with Gasteiger partial charge in [-0.25, -0.2) is 0 Å². The maximum atomic E-state index is 11.2. The molecule has 15 heavy (non-hydrogen) atoms. The van der Waals surface area contributed by atoms with Crippen LogP contribution < -0.4 is 0 Å². The molecule has 1 unspecified atom stereocenters. The zero-order chi connectivity index (χ0) is 11.4. The van der Waals surface area contributed by atoms with Crippen molar-refractivity contribution in [1.29, 1.82) is 0 Å². The first kappa shape index (κ1) is 12.6. The number of carbonyl (C=O) groups is 1. The summed E-state index contributed by atoms with van der Waals surface area (Å²) in [4.78, 5) is 11.2. The molecular weight excluding hydrogens is 254 g/mol. The van der Waals surface area contributed by atoms with Gasteiger partial charge >= 0.3 is 0 Å². The lowest BCUT2D eigenvalue weighted by molar-refractivity contribution is -0.112. The third-order valence-electron chi connectivity index (χ3n) is 2.02. The summed E-state index contributed by atoms with van der Waals surface area (Å²) in [5.74, 6) is -0.404. The van der Waals surface area contributed by atoms with Crippen molar-refractivity contribution in [2.24, 2.45) is 0 Å². The van der Waals surface area contributed by atoms with Crippen molar-refractivity contribution < 1.29 is 4.79 Å². The Kier molecular flexibility index (Phi) is 4.65. The van der Waals surface area contributed by atoms with E-state index in [0.29, 0.717) is 16.5 Å². The van der Waals surface area contributed by atoms with Crippen molar-refractivity contribution in [2.75, 3.05) is 0 Å². The number of rotatable bonds is 4. The van der Waals surface area contributed by atoms with Crippen LogP contribution >= 0.6 is 34.8 Å². The Labute approximate surface area is 104 Å². The number of benzene rings is 1. The SMILES string of the molecule is C=CCC(C(=O)Cl)c1ccc(Cl)c(Cl)c1. The van der Waals surface area contributed by atoms with E-state index < -0.39 is 11.2 Å². The van der Waals surface area contributed by atoms with Gasteiger partial charge in [-0.3, -0.25) is 4.79 Å². The van der Waals surface area contributed by atoms with E-state index >= 15 is 0 Å². The van der Waals surface area contributed by atoms with Gasteiger partial charge in [-0.05, 0) is 35.7 Å². The Morgan fingerprint density at radius 3 is 2.53 bits per heavy atom. The number of halogens is 3. The van der Waals surface area contributed by atoms with Crippen molar-refractivity contribution >= 4 is 40.0 Å². The molecule has 1 rings (SSSR count). The Balaban J connectivity index is 3.06. The van der Waals surface area contributed by atoms with E-state index in [4.69, 9.17) is 34.8 Å². The monoisotopic (exact) mass is 262 g/mol. The molecule has 0 saturated carbocycles. The number of allylic oxidation sites excluding steroid dienone is 1. The summed E-state index contributed by atoms with van der Waals surface area (Å²) >= 11 is 17.1. The Bertz CT molecular complexity index is 387. The molecule has 0 aliphatic heterocycles. The average molecular weight is 264 g/mol. The van der Waals surface area contributed by atoms with Crippen LogP contribution in [0.4, 0.5) is 0 Å². The molecular formula is C11H9Cl3O. The minimum atomic E-state index is -0.423. The normalized spacial score (nSPS) is 12.2. The molecule has 80 valence electrons. The minimum absolute atomic E-state index is 0.404. The third-order valence-corrected chi connectivity index (χ3v) is 3.02. The number of carbonyl (C=O) groups excluding carboxylic acids is 1. The summed E-state index contributed by atoms with van der Waals surface area (Å²) in [6.07, 6.45) is 2.13. The summed E-state index contributed by atoms with van der Waals surface area (Å²) in [5.41, 5.74) is 0.754. The molecule has 0 spiro atoms. The molecule has 0 amide bonds.